The third kappa shape index (κ3) is 3.23. The number of hydrogen-bond donors (Lipinski definition) is 1. The van der Waals surface area contributed by atoms with Crippen molar-refractivity contribution in [1.82, 2.24) is 0 Å². The van der Waals surface area contributed by atoms with Crippen molar-refractivity contribution in [3.63, 3.8) is 0 Å². The average Bonchev–Trinajstić information content (AvgIpc) is 3.17. The molecule has 160 valence electrons. The van der Waals surface area contributed by atoms with E-state index in [0.29, 0.717) is 23.4 Å². The molecular formula is C27H46O. The SMILES string of the molecule is CC(C)CCCC(C)C1C=CC2C3CCC4C(CO)CCC4(C)C3CCC12C. The lowest BCUT2D eigenvalue weighted by molar-refractivity contribution is -0.0900. The first kappa shape index (κ1) is 21.0. The normalized spacial score (nSPS) is 48.4. The van der Waals surface area contributed by atoms with Crippen molar-refractivity contribution in [2.75, 3.05) is 6.61 Å². The molecule has 4 rings (SSSR count). The Kier molecular flexibility index (Phi) is 5.80. The van der Waals surface area contributed by atoms with Gasteiger partial charge in [0.25, 0.3) is 0 Å². The molecule has 0 aromatic heterocycles. The summed E-state index contributed by atoms with van der Waals surface area (Å²) in [5, 5.41) is 9.90. The molecule has 4 aliphatic rings. The Hall–Kier alpha value is -0.300. The number of allylic oxidation sites excluding steroid dienone is 2. The van der Waals surface area contributed by atoms with Crippen LogP contribution in [0, 0.1) is 58.2 Å². The van der Waals surface area contributed by atoms with Crippen molar-refractivity contribution in [3.05, 3.63) is 12.2 Å². The molecule has 0 aromatic carbocycles. The molecule has 1 N–H and O–H groups in total. The van der Waals surface area contributed by atoms with Gasteiger partial charge in [0.05, 0.1) is 0 Å². The van der Waals surface area contributed by atoms with Crippen LogP contribution in [0.15, 0.2) is 12.2 Å². The topological polar surface area (TPSA) is 20.2 Å². The van der Waals surface area contributed by atoms with Crippen LogP contribution in [0.25, 0.3) is 0 Å². The second-order valence-corrected chi connectivity index (χ2v) is 12.2. The van der Waals surface area contributed by atoms with E-state index in [1.54, 1.807) is 0 Å². The largest absolute Gasteiger partial charge is 0.396 e. The Balaban J connectivity index is 1.47. The zero-order chi connectivity index (χ0) is 20.1. The van der Waals surface area contributed by atoms with Gasteiger partial charge in [0, 0.05) is 6.61 Å². The highest BCUT2D eigenvalue weighted by atomic mass is 16.3. The molecule has 3 fully saturated rings. The monoisotopic (exact) mass is 386 g/mol. The third-order valence-electron chi connectivity index (χ3n) is 10.4. The first-order valence-electron chi connectivity index (χ1n) is 12.6. The van der Waals surface area contributed by atoms with Crippen molar-refractivity contribution in [3.8, 4) is 0 Å². The lowest BCUT2D eigenvalue weighted by atomic mass is 9.46. The average molecular weight is 387 g/mol. The van der Waals surface area contributed by atoms with Gasteiger partial charge in [-0.15, -0.1) is 0 Å². The van der Waals surface area contributed by atoms with E-state index in [4.69, 9.17) is 0 Å². The maximum absolute atomic E-state index is 9.90. The zero-order valence-corrected chi connectivity index (χ0v) is 19.3. The standard InChI is InChI=1S/C27H46O/c1-18(2)7-6-8-19(3)22-11-12-24-21-9-10-23-20(17-28)13-15-27(23,5)25(21)14-16-26(22,24)4/h11-12,18-25,28H,6-10,13-17H2,1-5H3. The predicted octanol–water partition coefficient (Wildman–Crippen LogP) is 7.10. The van der Waals surface area contributed by atoms with Gasteiger partial charge >= 0.3 is 0 Å². The summed E-state index contributed by atoms with van der Waals surface area (Å²) in [7, 11) is 0. The molecule has 9 atom stereocenters. The second kappa shape index (κ2) is 7.75. The second-order valence-electron chi connectivity index (χ2n) is 12.2. The lowest BCUT2D eigenvalue weighted by Gasteiger charge is -2.58. The van der Waals surface area contributed by atoms with Gasteiger partial charge in [-0.2, -0.15) is 0 Å². The van der Waals surface area contributed by atoms with E-state index >= 15 is 0 Å². The molecule has 0 spiro atoms. The highest BCUT2D eigenvalue weighted by Crippen LogP contribution is 2.68. The fourth-order valence-electron chi connectivity index (χ4n) is 8.90. The molecule has 9 unspecified atom stereocenters. The first-order chi connectivity index (χ1) is 13.3. The van der Waals surface area contributed by atoms with Crippen LogP contribution in [-0.4, -0.2) is 11.7 Å². The molecule has 1 heteroatoms. The summed E-state index contributed by atoms with van der Waals surface area (Å²) >= 11 is 0. The quantitative estimate of drug-likeness (QED) is 0.483. The van der Waals surface area contributed by atoms with Gasteiger partial charge in [-0.3, -0.25) is 0 Å². The van der Waals surface area contributed by atoms with Crippen LogP contribution in [0.2, 0.25) is 0 Å². The molecule has 28 heavy (non-hydrogen) atoms. The highest BCUT2D eigenvalue weighted by Gasteiger charge is 2.60. The minimum absolute atomic E-state index is 0.425. The summed E-state index contributed by atoms with van der Waals surface area (Å²) in [5.74, 6) is 6.47. The van der Waals surface area contributed by atoms with Crippen molar-refractivity contribution >= 4 is 0 Å². The van der Waals surface area contributed by atoms with Gasteiger partial charge in [-0.25, -0.2) is 0 Å². The van der Waals surface area contributed by atoms with Crippen LogP contribution in [0.1, 0.15) is 92.4 Å². The van der Waals surface area contributed by atoms with E-state index in [1.165, 1.54) is 57.8 Å². The predicted molar refractivity (Wildman–Crippen MR) is 119 cm³/mol. The molecule has 0 amide bonds. The Morgan fingerprint density at radius 1 is 0.893 bits per heavy atom. The van der Waals surface area contributed by atoms with Gasteiger partial charge in [-0.1, -0.05) is 66.0 Å². The zero-order valence-electron chi connectivity index (χ0n) is 19.3. The van der Waals surface area contributed by atoms with Crippen molar-refractivity contribution < 1.29 is 5.11 Å². The minimum Gasteiger partial charge on any atom is -0.396 e. The lowest BCUT2D eigenvalue weighted by Crippen LogP contribution is -2.51. The summed E-state index contributed by atoms with van der Waals surface area (Å²) in [4.78, 5) is 0. The van der Waals surface area contributed by atoms with E-state index in [-0.39, 0.29) is 0 Å². The molecule has 0 aliphatic heterocycles. The van der Waals surface area contributed by atoms with E-state index < -0.39 is 0 Å². The first-order valence-corrected chi connectivity index (χ1v) is 12.6. The summed E-state index contributed by atoms with van der Waals surface area (Å²) in [6, 6.07) is 0. The van der Waals surface area contributed by atoms with E-state index in [1.807, 2.05) is 0 Å². The summed E-state index contributed by atoms with van der Waals surface area (Å²) in [6.45, 7) is 12.9. The van der Waals surface area contributed by atoms with Crippen LogP contribution in [0.4, 0.5) is 0 Å². The minimum atomic E-state index is 0.425. The van der Waals surface area contributed by atoms with Gasteiger partial charge in [-0.05, 0) is 96.7 Å². The summed E-state index contributed by atoms with van der Waals surface area (Å²) < 4.78 is 0. The van der Waals surface area contributed by atoms with Gasteiger partial charge in [0.15, 0.2) is 0 Å². The molecular weight excluding hydrogens is 340 g/mol. The van der Waals surface area contributed by atoms with Crippen molar-refractivity contribution in [1.29, 1.82) is 0 Å². The van der Waals surface area contributed by atoms with E-state index in [0.717, 1.165) is 41.4 Å². The Morgan fingerprint density at radius 2 is 1.64 bits per heavy atom. The molecule has 0 saturated heterocycles. The van der Waals surface area contributed by atoms with E-state index in [2.05, 4.69) is 46.8 Å². The fraction of sp³-hybridized carbons (Fsp3) is 0.926. The molecule has 4 aliphatic carbocycles. The molecule has 0 radical (unpaired) electrons. The van der Waals surface area contributed by atoms with Crippen LogP contribution in [-0.2, 0) is 0 Å². The molecule has 0 heterocycles. The molecule has 1 nitrogen and oxygen atoms in total. The number of fused-ring (bicyclic) bond motifs is 5. The van der Waals surface area contributed by atoms with Crippen molar-refractivity contribution in [2.24, 2.45) is 58.2 Å². The molecule has 0 bridgehead atoms. The van der Waals surface area contributed by atoms with Crippen LogP contribution >= 0.6 is 0 Å². The highest BCUT2D eigenvalue weighted by molar-refractivity contribution is 5.20. The summed E-state index contributed by atoms with van der Waals surface area (Å²) in [6.07, 6.45) is 17.8. The maximum Gasteiger partial charge on any atom is 0.0462 e. The Bertz CT molecular complexity index is 579. The Morgan fingerprint density at radius 3 is 2.36 bits per heavy atom. The number of aliphatic hydroxyl groups excluding tert-OH is 1. The summed E-state index contributed by atoms with van der Waals surface area (Å²) in [5.41, 5.74) is 1.02. The Labute approximate surface area is 174 Å². The fourth-order valence-corrected chi connectivity index (χ4v) is 8.90. The van der Waals surface area contributed by atoms with Crippen LogP contribution in [0.5, 0.6) is 0 Å². The van der Waals surface area contributed by atoms with Gasteiger partial charge < -0.3 is 5.11 Å². The smallest absolute Gasteiger partial charge is 0.0462 e. The van der Waals surface area contributed by atoms with Gasteiger partial charge in [0.1, 0.15) is 0 Å². The van der Waals surface area contributed by atoms with Crippen LogP contribution in [0.3, 0.4) is 0 Å². The third-order valence-corrected chi connectivity index (χ3v) is 10.4. The van der Waals surface area contributed by atoms with Crippen LogP contribution < -0.4 is 0 Å². The molecule has 0 aromatic rings. The van der Waals surface area contributed by atoms with Crippen molar-refractivity contribution in [2.45, 2.75) is 92.4 Å². The van der Waals surface area contributed by atoms with E-state index in [9.17, 15) is 5.11 Å². The molecule has 3 saturated carbocycles. The number of rotatable bonds is 6. The number of aliphatic hydroxyl groups is 1. The number of hydrogen-bond acceptors (Lipinski definition) is 1. The van der Waals surface area contributed by atoms with Gasteiger partial charge in [0.2, 0.25) is 0 Å². The maximum atomic E-state index is 9.90.